The first-order valence-corrected chi connectivity index (χ1v) is 11.8. The van der Waals surface area contributed by atoms with E-state index in [0.717, 1.165) is 22.9 Å². The van der Waals surface area contributed by atoms with Gasteiger partial charge in [-0.1, -0.05) is 54.0 Å². The molecule has 9 nitrogen and oxygen atoms in total. The second-order valence-electron chi connectivity index (χ2n) is 8.20. The molecule has 0 radical (unpaired) electrons. The van der Waals surface area contributed by atoms with Gasteiger partial charge in [0.05, 0.1) is 29.4 Å². The summed E-state index contributed by atoms with van der Waals surface area (Å²) in [5.74, 6) is -0.112. The summed E-state index contributed by atoms with van der Waals surface area (Å²) in [6.07, 6.45) is 0.441. The molecular formula is C25H25ClN6O3. The third kappa shape index (κ3) is 5.65. The van der Waals surface area contributed by atoms with Gasteiger partial charge in [-0.15, -0.1) is 0 Å². The van der Waals surface area contributed by atoms with Crippen LogP contribution in [0.4, 0.5) is 4.79 Å². The van der Waals surface area contributed by atoms with Gasteiger partial charge in [-0.2, -0.15) is 0 Å². The SMILES string of the molecule is CCCOC(=O)N1CCN(C(=O)c2ccc3c(Cl)cc(-c4ccc(CN=[N+]=[N-])cc4)nc3c2)CC1. The third-order valence-electron chi connectivity index (χ3n) is 5.83. The zero-order chi connectivity index (χ0) is 24.8. The zero-order valence-corrected chi connectivity index (χ0v) is 20.1. The molecule has 10 heteroatoms. The van der Waals surface area contributed by atoms with Gasteiger partial charge in [0, 0.05) is 47.6 Å². The number of hydrogen-bond donors (Lipinski definition) is 0. The molecule has 0 saturated carbocycles. The quantitative estimate of drug-likeness (QED) is 0.250. The number of azide groups is 1. The highest BCUT2D eigenvalue weighted by Gasteiger charge is 2.26. The smallest absolute Gasteiger partial charge is 0.409 e. The van der Waals surface area contributed by atoms with Crippen molar-refractivity contribution < 1.29 is 14.3 Å². The lowest BCUT2D eigenvalue weighted by Gasteiger charge is -2.34. The van der Waals surface area contributed by atoms with Gasteiger partial charge >= 0.3 is 6.09 Å². The first-order valence-electron chi connectivity index (χ1n) is 11.4. The Morgan fingerprint density at radius 1 is 1.09 bits per heavy atom. The molecule has 0 bridgehead atoms. The summed E-state index contributed by atoms with van der Waals surface area (Å²) in [4.78, 5) is 36.1. The van der Waals surface area contributed by atoms with Gasteiger partial charge in [-0.25, -0.2) is 9.78 Å². The van der Waals surface area contributed by atoms with E-state index in [0.29, 0.717) is 54.6 Å². The molecule has 1 saturated heterocycles. The Bertz CT molecular complexity index is 1280. The predicted molar refractivity (Wildman–Crippen MR) is 134 cm³/mol. The number of amides is 2. The lowest BCUT2D eigenvalue weighted by molar-refractivity contribution is 0.0560. The Morgan fingerprint density at radius 3 is 2.49 bits per heavy atom. The fraction of sp³-hybridized carbons (Fsp3) is 0.320. The second-order valence-corrected chi connectivity index (χ2v) is 8.61. The molecule has 0 spiro atoms. The molecule has 180 valence electrons. The number of piperazine rings is 1. The Morgan fingerprint density at radius 2 is 1.80 bits per heavy atom. The number of rotatable bonds is 6. The highest BCUT2D eigenvalue weighted by atomic mass is 35.5. The van der Waals surface area contributed by atoms with E-state index in [2.05, 4.69) is 10.0 Å². The summed E-state index contributed by atoms with van der Waals surface area (Å²) >= 11 is 6.53. The lowest BCUT2D eigenvalue weighted by Crippen LogP contribution is -2.50. The number of nitrogens with zero attached hydrogens (tertiary/aromatic N) is 6. The van der Waals surface area contributed by atoms with Crippen molar-refractivity contribution >= 4 is 34.5 Å². The lowest BCUT2D eigenvalue weighted by atomic mass is 10.1. The van der Waals surface area contributed by atoms with E-state index in [-0.39, 0.29) is 18.5 Å². The molecule has 4 rings (SSSR count). The Kier molecular flexibility index (Phi) is 7.70. The molecule has 2 aromatic carbocycles. The van der Waals surface area contributed by atoms with E-state index < -0.39 is 0 Å². The first-order chi connectivity index (χ1) is 17.0. The summed E-state index contributed by atoms with van der Waals surface area (Å²) in [6, 6.07) is 14.7. The number of hydrogen-bond acceptors (Lipinski definition) is 5. The van der Waals surface area contributed by atoms with Crippen LogP contribution in [0.1, 0.15) is 29.3 Å². The number of carbonyl (C=O) groups excluding carboxylic acids is 2. The van der Waals surface area contributed by atoms with Crippen LogP contribution in [0.25, 0.3) is 32.6 Å². The summed E-state index contributed by atoms with van der Waals surface area (Å²) in [5, 5.41) is 4.87. The van der Waals surface area contributed by atoms with E-state index >= 15 is 0 Å². The highest BCUT2D eigenvalue weighted by Crippen LogP contribution is 2.29. The largest absolute Gasteiger partial charge is 0.449 e. The number of pyridine rings is 1. The molecule has 2 amide bonds. The minimum Gasteiger partial charge on any atom is -0.449 e. The van der Waals surface area contributed by atoms with Crippen molar-refractivity contribution in [3.05, 3.63) is 75.1 Å². The van der Waals surface area contributed by atoms with Crippen LogP contribution in [0, 0.1) is 0 Å². The van der Waals surface area contributed by atoms with Crippen molar-refractivity contribution in [1.29, 1.82) is 0 Å². The molecule has 0 unspecified atom stereocenters. The summed E-state index contributed by atoms with van der Waals surface area (Å²) in [5.41, 5.74) is 12.1. The molecule has 0 aliphatic carbocycles. The molecule has 3 aromatic rings. The summed E-state index contributed by atoms with van der Waals surface area (Å²) < 4.78 is 5.19. The molecule has 2 heterocycles. The molecule has 1 fully saturated rings. The van der Waals surface area contributed by atoms with Crippen LogP contribution in [0.15, 0.2) is 53.6 Å². The highest BCUT2D eigenvalue weighted by molar-refractivity contribution is 6.35. The van der Waals surface area contributed by atoms with Crippen molar-refractivity contribution in [3.63, 3.8) is 0 Å². The topological polar surface area (TPSA) is 112 Å². The zero-order valence-electron chi connectivity index (χ0n) is 19.4. The van der Waals surface area contributed by atoms with Crippen molar-refractivity contribution in [3.8, 4) is 11.3 Å². The Balaban J connectivity index is 1.51. The second kappa shape index (κ2) is 11.1. The normalized spacial score (nSPS) is 13.4. The number of benzene rings is 2. The third-order valence-corrected chi connectivity index (χ3v) is 6.14. The molecule has 1 aliphatic rings. The van der Waals surface area contributed by atoms with Crippen LogP contribution in [0.3, 0.4) is 0 Å². The van der Waals surface area contributed by atoms with Gasteiger partial charge in [0.2, 0.25) is 0 Å². The fourth-order valence-corrected chi connectivity index (χ4v) is 4.18. The van der Waals surface area contributed by atoms with E-state index in [1.54, 1.807) is 28.0 Å². The molecule has 35 heavy (non-hydrogen) atoms. The minimum absolute atomic E-state index is 0.112. The maximum Gasteiger partial charge on any atom is 0.409 e. The molecule has 0 atom stereocenters. The van der Waals surface area contributed by atoms with Crippen LogP contribution in [-0.2, 0) is 11.3 Å². The first kappa shape index (κ1) is 24.3. The van der Waals surface area contributed by atoms with Crippen LogP contribution in [0.5, 0.6) is 0 Å². The average molecular weight is 493 g/mol. The van der Waals surface area contributed by atoms with Crippen LogP contribution < -0.4 is 0 Å². The molecule has 1 aromatic heterocycles. The van der Waals surface area contributed by atoms with Gasteiger partial charge in [0.1, 0.15) is 0 Å². The maximum atomic E-state index is 13.2. The summed E-state index contributed by atoms with van der Waals surface area (Å²) in [7, 11) is 0. The molecule has 1 aliphatic heterocycles. The van der Waals surface area contributed by atoms with E-state index in [9.17, 15) is 9.59 Å². The van der Waals surface area contributed by atoms with Crippen LogP contribution >= 0.6 is 11.6 Å². The number of ether oxygens (including phenoxy) is 1. The van der Waals surface area contributed by atoms with Gasteiger partial charge in [0.15, 0.2) is 0 Å². The summed E-state index contributed by atoms with van der Waals surface area (Å²) in [6.45, 7) is 4.37. The minimum atomic E-state index is -0.332. The fourth-order valence-electron chi connectivity index (χ4n) is 3.92. The standard InChI is InChI=1S/C25H25ClN6O3/c1-2-13-35-25(34)32-11-9-31(10-12-32)24(33)19-7-8-20-21(26)15-22(29-23(20)14-19)18-5-3-17(4-6-18)16-28-30-27/h3-8,14-15H,2,9-13,16H2,1H3. The van der Waals surface area contributed by atoms with Crippen molar-refractivity contribution in [1.82, 2.24) is 14.8 Å². The van der Waals surface area contributed by atoms with Crippen LogP contribution in [-0.4, -0.2) is 59.6 Å². The number of carbonyl (C=O) groups is 2. The number of aromatic nitrogens is 1. The molecule has 0 N–H and O–H groups in total. The Labute approximate surface area is 207 Å². The predicted octanol–water partition coefficient (Wildman–Crippen LogP) is 5.67. The van der Waals surface area contributed by atoms with E-state index in [4.69, 9.17) is 26.9 Å². The van der Waals surface area contributed by atoms with Crippen molar-refractivity contribution in [2.45, 2.75) is 19.9 Å². The number of halogens is 1. The van der Waals surface area contributed by atoms with Gasteiger partial charge in [-0.3, -0.25) is 4.79 Å². The van der Waals surface area contributed by atoms with Gasteiger partial charge < -0.3 is 14.5 Å². The van der Waals surface area contributed by atoms with E-state index in [1.807, 2.05) is 37.3 Å². The maximum absolute atomic E-state index is 13.2. The monoisotopic (exact) mass is 492 g/mol. The van der Waals surface area contributed by atoms with Crippen LogP contribution in [0.2, 0.25) is 5.02 Å². The van der Waals surface area contributed by atoms with Gasteiger partial charge in [0.25, 0.3) is 5.91 Å². The molecular weight excluding hydrogens is 468 g/mol. The number of fused-ring (bicyclic) bond motifs is 1. The van der Waals surface area contributed by atoms with Crippen molar-refractivity contribution in [2.75, 3.05) is 32.8 Å². The average Bonchev–Trinajstić information content (AvgIpc) is 2.90. The van der Waals surface area contributed by atoms with Crippen molar-refractivity contribution in [2.24, 2.45) is 5.11 Å². The Hall–Kier alpha value is -3.81. The van der Waals surface area contributed by atoms with E-state index in [1.165, 1.54) is 0 Å². The van der Waals surface area contributed by atoms with Gasteiger partial charge in [-0.05, 0) is 35.7 Å².